The Morgan fingerprint density at radius 2 is 1.86 bits per heavy atom. The highest BCUT2D eigenvalue weighted by atomic mass is 35.5. The monoisotopic (exact) mass is 228 g/mol. The SMILES string of the molecule is C/C(=C\C(C)C)c1ccc(Cl)c(Cl)c1. The van der Waals surface area contributed by atoms with Crippen molar-refractivity contribution >= 4 is 28.8 Å². The van der Waals surface area contributed by atoms with Crippen LogP contribution in [-0.4, -0.2) is 0 Å². The Morgan fingerprint density at radius 3 is 2.36 bits per heavy atom. The molecule has 0 amide bonds. The van der Waals surface area contributed by atoms with Crippen LogP contribution in [0.25, 0.3) is 5.57 Å². The van der Waals surface area contributed by atoms with Crippen LogP contribution in [0.1, 0.15) is 26.3 Å². The van der Waals surface area contributed by atoms with E-state index >= 15 is 0 Å². The first-order valence-corrected chi connectivity index (χ1v) is 5.40. The van der Waals surface area contributed by atoms with Crippen molar-refractivity contribution in [2.45, 2.75) is 20.8 Å². The molecule has 1 rings (SSSR count). The summed E-state index contributed by atoms with van der Waals surface area (Å²) in [6, 6.07) is 5.72. The van der Waals surface area contributed by atoms with E-state index in [2.05, 4.69) is 26.8 Å². The van der Waals surface area contributed by atoms with Crippen molar-refractivity contribution in [3.8, 4) is 0 Å². The van der Waals surface area contributed by atoms with Crippen molar-refractivity contribution in [3.63, 3.8) is 0 Å². The summed E-state index contributed by atoms with van der Waals surface area (Å²) in [6.45, 7) is 6.39. The molecule has 2 heteroatoms. The summed E-state index contributed by atoms with van der Waals surface area (Å²) in [4.78, 5) is 0. The summed E-state index contributed by atoms with van der Waals surface area (Å²) in [5.74, 6) is 0.546. The molecule has 1 aromatic carbocycles. The zero-order valence-corrected chi connectivity index (χ0v) is 10.2. The fourth-order valence-electron chi connectivity index (χ4n) is 1.34. The molecule has 0 nitrogen and oxygen atoms in total. The van der Waals surface area contributed by atoms with Gasteiger partial charge in [0.05, 0.1) is 10.0 Å². The molecule has 0 aliphatic rings. The molecular weight excluding hydrogens is 215 g/mol. The lowest BCUT2D eigenvalue weighted by Gasteiger charge is -2.05. The number of allylic oxidation sites excluding steroid dienone is 2. The van der Waals surface area contributed by atoms with E-state index in [-0.39, 0.29) is 0 Å². The van der Waals surface area contributed by atoms with Gasteiger partial charge in [-0.2, -0.15) is 0 Å². The summed E-state index contributed by atoms with van der Waals surface area (Å²) in [7, 11) is 0. The van der Waals surface area contributed by atoms with E-state index in [1.54, 1.807) is 0 Å². The zero-order valence-electron chi connectivity index (χ0n) is 8.64. The van der Waals surface area contributed by atoms with Gasteiger partial charge in [-0.15, -0.1) is 0 Å². The molecule has 0 N–H and O–H groups in total. The maximum absolute atomic E-state index is 5.94. The standard InChI is InChI=1S/C12H14Cl2/c1-8(2)6-9(3)10-4-5-11(13)12(14)7-10/h4-8H,1-3H3/b9-6+. The van der Waals surface area contributed by atoms with E-state index in [0.717, 1.165) is 5.56 Å². The van der Waals surface area contributed by atoms with E-state index in [1.807, 2.05) is 18.2 Å². The van der Waals surface area contributed by atoms with Gasteiger partial charge in [-0.25, -0.2) is 0 Å². The first kappa shape index (κ1) is 11.6. The van der Waals surface area contributed by atoms with Crippen LogP contribution in [0.3, 0.4) is 0 Å². The van der Waals surface area contributed by atoms with Crippen molar-refractivity contribution in [2.75, 3.05) is 0 Å². The van der Waals surface area contributed by atoms with Gasteiger partial charge < -0.3 is 0 Å². The van der Waals surface area contributed by atoms with Gasteiger partial charge >= 0.3 is 0 Å². The van der Waals surface area contributed by atoms with Crippen molar-refractivity contribution in [3.05, 3.63) is 39.9 Å². The van der Waals surface area contributed by atoms with Crippen molar-refractivity contribution in [2.24, 2.45) is 5.92 Å². The number of hydrogen-bond acceptors (Lipinski definition) is 0. The van der Waals surface area contributed by atoms with E-state index in [9.17, 15) is 0 Å². The Morgan fingerprint density at radius 1 is 1.21 bits per heavy atom. The van der Waals surface area contributed by atoms with Crippen molar-refractivity contribution < 1.29 is 0 Å². The molecule has 0 atom stereocenters. The summed E-state index contributed by atoms with van der Waals surface area (Å²) in [5.41, 5.74) is 2.37. The van der Waals surface area contributed by atoms with Gasteiger partial charge in [-0.05, 0) is 36.1 Å². The van der Waals surface area contributed by atoms with Crippen LogP contribution in [-0.2, 0) is 0 Å². The molecule has 0 saturated carbocycles. The average Bonchev–Trinajstić information content (AvgIpc) is 2.08. The highest BCUT2D eigenvalue weighted by Crippen LogP contribution is 2.26. The number of rotatable bonds is 2. The second-order valence-corrected chi connectivity index (χ2v) is 4.54. The Hall–Kier alpha value is -0.460. The van der Waals surface area contributed by atoms with Gasteiger partial charge in [0.2, 0.25) is 0 Å². The molecule has 0 heterocycles. The highest BCUT2D eigenvalue weighted by Gasteiger charge is 2.01. The van der Waals surface area contributed by atoms with E-state index < -0.39 is 0 Å². The minimum atomic E-state index is 0.546. The fourth-order valence-corrected chi connectivity index (χ4v) is 1.64. The van der Waals surface area contributed by atoms with Crippen LogP contribution in [0, 0.1) is 5.92 Å². The number of benzene rings is 1. The topological polar surface area (TPSA) is 0 Å². The summed E-state index contributed by atoms with van der Waals surface area (Å²) in [6.07, 6.45) is 2.21. The molecule has 0 aliphatic heterocycles. The smallest absolute Gasteiger partial charge is 0.0598 e. The van der Waals surface area contributed by atoms with Gasteiger partial charge in [0.1, 0.15) is 0 Å². The maximum Gasteiger partial charge on any atom is 0.0598 e. The third-order valence-corrected chi connectivity index (χ3v) is 2.70. The van der Waals surface area contributed by atoms with E-state index in [4.69, 9.17) is 23.2 Å². The normalized spacial score (nSPS) is 12.3. The lowest BCUT2D eigenvalue weighted by Crippen LogP contribution is -1.84. The predicted octanol–water partition coefficient (Wildman–Crippen LogP) is 5.05. The number of hydrogen-bond donors (Lipinski definition) is 0. The summed E-state index contributed by atoms with van der Waals surface area (Å²) in [5, 5.41) is 1.22. The van der Waals surface area contributed by atoms with E-state index in [1.165, 1.54) is 5.57 Å². The zero-order chi connectivity index (χ0) is 10.7. The second-order valence-electron chi connectivity index (χ2n) is 3.72. The largest absolute Gasteiger partial charge is 0.0827 e. The van der Waals surface area contributed by atoms with Gasteiger partial charge in [0.25, 0.3) is 0 Å². The lowest BCUT2D eigenvalue weighted by molar-refractivity contribution is 0.833. The molecule has 0 unspecified atom stereocenters. The molecule has 0 aromatic heterocycles. The maximum atomic E-state index is 5.94. The summed E-state index contributed by atoms with van der Waals surface area (Å²) < 4.78 is 0. The molecule has 76 valence electrons. The molecule has 0 radical (unpaired) electrons. The minimum Gasteiger partial charge on any atom is -0.0827 e. The molecule has 14 heavy (non-hydrogen) atoms. The second kappa shape index (κ2) is 4.86. The van der Waals surface area contributed by atoms with Gasteiger partial charge in [-0.3, -0.25) is 0 Å². The molecule has 1 aromatic rings. The van der Waals surface area contributed by atoms with Gasteiger partial charge in [0.15, 0.2) is 0 Å². The third-order valence-electron chi connectivity index (χ3n) is 1.96. The van der Waals surface area contributed by atoms with Crippen LogP contribution in [0.15, 0.2) is 24.3 Å². The molecular formula is C12H14Cl2. The number of halogens is 2. The Kier molecular flexibility index (Phi) is 4.03. The van der Waals surface area contributed by atoms with Crippen LogP contribution >= 0.6 is 23.2 Å². The molecule has 0 aliphatic carbocycles. The average molecular weight is 229 g/mol. The molecule has 0 bridgehead atoms. The van der Waals surface area contributed by atoms with Gasteiger partial charge in [-0.1, -0.05) is 49.2 Å². The van der Waals surface area contributed by atoms with Crippen LogP contribution in [0.5, 0.6) is 0 Å². The fraction of sp³-hybridized carbons (Fsp3) is 0.333. The highest BCUT2D eigenvalue weighted by molar-refractivity contribution is 6.42. The molecule has 0 saturated heterocycles. The van der Waals surface area contributed by atoms with E-state index in [0.29, 0.717) is 16.0 Å². The first-order chi connectivity index (χ1) is 6.50. The third kappa shape index (κ3) is 3.04. The lowest BCUT2D eigenvalue weighted by atomic mass is 10.0. The molecule has 0 fully saturated rings. The predicted molar refractivity (Wildman–Crippen MR) is 65.0 cm³/mol. The quantitative estimate of drug-likeness (QED) is 0.665. The van der Waals surface area contributed by atoms with Crippen LogP contribution < -0.4 is 0 Å². The van der Waals surface area contributed by atoms with Gasteiger partial charge in [0, 0.05) is 0 Å². The Bertz CT molecular complexity index is 351. The van der Waals surface area contributed by atoms with Crippen LogP contribution in [0.2, 0.25) is 10.0 Å². The Balaban J connectivity index is 3.03. The van der Waals surface area contributed by atoms with Crippen molar-refractivity contribution in [1.29, 1.82) is 0 Å². The Labute approximate surface area is 95.5 Å². The molecule has 0 spiro atoms. The van der Waals surface area contributed by atoms with Crippen molar-refractivity contribution in [1.82, 2.24) is 0 Å². The minimum absolute atomic E-state index is 0.546. The first-order valence-electron chi connectivity index (χ1n) is 4.64. The van der Waals surface area contributed by atoms with Crippen LogP contribution in [0.4, 0.5) is 0 Å². The summed E-state index contributed by atoms with van der Waals surface area (Å²) >= 11 is 11.8.